The molecule has 0 aliphatic carbocycles. The minimum absolute atomic E-state index is 0.111. The number of nitrogens with zero attached hydrogens (tertiary/aromatic N) is 3. The second kappa shape index (κ2) is 5.36. The first kappa shape index (κ1) is 13.2. The molecule has 2 aromatic heterocycles. The van der Waals surface area contributed by atoms with Crippen LogP contribution in [-0.2, 0) is 6.54 Å². The van der Waals surface area contributed by atoms with Crippen LogP contribution < -0.4 is 5.32 Å². The molecule has 4 nitrogen and oxygen atoms in total. The van der Waals surface area contributed by atoms with E-state index < -0.39 is 0 Å². The van der Waals surface area contributed by atoms with Gasteiger partial charge in [0.2, 0.25) is 0 Å². The summed E-state index contributed by atoms with van der Waals surface area (Å²) in [4.78, 5) is 1.14. The van der Waals surface area contributed by atoms with Gasteiger partial charge in [-0.25, -0.2) is 0 Å². The zero-order valence-electron chi connectivity index (χ0n) is 11.2. The number of thiophene rings is 1. The van der Waals surface area contributed by atoms with Gasteiger partial charge in [0, 0.05) is 17.6 Å². The number of halogens is 1. The van der Waals surface area contributed by atoms with Gasteiger partial charge in [-0.15, -0.1) is 21.5 Å². The number of fused-ring (bicyclic) bond motifs is 1. The Bertz CT molecular complexity index is 765. The zero-order chi connectivity index (χ0) is 14.2. The molecule has 106 valence electrons. The number of benzene rings is 1. The van der Waals surface area contributed by atoms with Crippen molar-refractivity contribution in [2.45, 2.75) is 12.6 Å². The largest absolute Gasteiger partial charge is 0.307 e. The van der Waals surface area contributed by atoms with Crippen LogP contribution in [0.25, 0.3) is 10.7 Å². The van der Waals surface area contributed by atoms with Gasteiger partial charge in [-0.3, -0.25) is 0 Å². The molecule has 0 amide bonds. The van der Waals surface area contributed by atoms with Gasteiger partial charge in [0.25, 0.3) is 0 Å². The van der Waals surface area contributed by atoms with Crippen molar-refractivity contribution in [1.82, 2.24) is 20.1 Å². The summed E-state index contributed by atoms with van der Waals surface area (Å²) < 4.78 is 3.31. The van der Waals surface area contributed by atoms with Crippen molar-refractivity contribution >= 4 is 27.3 Å². The summed E-state index contributed by atoms with van der Waals surface area (Å²) in [6.07, 6.45) is 0. The molecule has 1 aliphatic heterocycles. The molecule has 3 heterocycles. The van der Waals surface area contributed by atoms with Crippen LogP contribution in [0.5, 0.6) is 0 Å². The van der Waals surface area contributed by atoms with Crippen LogP contribution in [-0.4, -0.2) is 21.3 Å². The lowest BCUT2D eigenvalue weighted by Gasteiger charge is -2.25. The highest BCUT2D eigenvalue weighted by atomic mass is 79.9. The van der Waals surface area contributed by atoms with Gasteiger partial charge in [0.05, 0.1) is 10.9 Å². The van der Waals surface area contributed by atoms with Crippen LogP contribution >= 0.6 is 27.3 Å². The van der Waals surface area contributed by atoms with E-state index in [0.717, 1.165) is 34.1 Å². The summed E-state index contributed by atoms with van der Waals surface area (Å²) in [7, 11) is 0. The Kier molecular flexibility index (Phi) is 3.37. The second-order valence-electron chi connectivity index (χ2n) is 4.93. The third-order valence-corrected chi connectivity index (χ3v) is 5.51. The summed E-state index contributed by atoms with van der Waals surface area (Å²) >= 11 is 5.28. The van der Waals surface area contributed by atoms with Gasteiger partial charge in [0.15, 0.2) is 11.6 Å². The monoisotopic (exact) mass is 360 g/mol. The van der Waals surface area contributed by atoms with E-state index >= 15 is 0 Å². The van der Waals surface area contributed by atoms with E-state index in [1.165, 1.54) is 5.56 Å². The summed E-state index contributed by atoms with van der Waals surface area (Å²) in [6.45, 7) is 1.81. The first-order valence-corrected chi connectivity index (χ1v) is 8.46. The lowest BCUT2D eigenvalue weighted by Crippen LogP contribution is -2.34. The predicted molar refractivity (Wildman–Crippen MR) is 87.3 cm³/mol. The maximum atomic E-state index is 4.45. The molecule has 0 fully saturated rings. The van der Waals surface area contributed by atoms with Crippen LogP contribution in [0.4, 0.5) is 0 Å². The molecule has 4 rings (SSSR count). The first-order valence-electron chi connectivity index (χ1n) is 6.79. The summed E-state index contributed by atoms with van der Waals surface area (Å²) in [5, 5.41) is 14.5. The number of nitrogens with one attached hydrogen (secondary N) is 1. The molecule has 1 atom stereocenters. The number of aromatic nitrogens is 3. The van der Waals surface area contributed by atoms with Crippen LogP contribution in [0, 0.1) is 0 Å². The highest BCUT2D eigenvalue weighted by Crippen LogP contribution is 2.34. The summed E-state index contributed by atoms with van der Waals surface area (Å²) in [6, 6.07) is 12.6. The average molecular weight is 361 g/mol. The van der Waals surface area contributed by atoms with Crippen molar-refractivity contribution in [3.8, 4) is 10.7 Å². The Morgan fingerprint density at radius 3 is 2.81 bits per heavy atom. The molecule has 0 saturated heterocycles. The molecular formula is C15H13BrN4S. The van der Waals surface area contributed by atoms with E-state index in [1.807, 2.05) is 6.07 Å². The lowest BCUT2D eigenvalue weighted by molar-refractivity contribution is 0.458. The Morgan fingerprint density at radius 1 is 1.19 bits per heavy atom. The Balaban J connectivity index is 1.81. The molecular weight excluding hydrogens is 348 g/mol. The highest BCUT2D eigenvalue weighted by molar-refractivity contribution is 9.10. The van der Waals surface area contributed by atoms with Gasteiger partial charge >= 0.3 is 0 Å². The third kappa shape index (κ3) is 2.23. The summed E-state index contributed by atoms with van der Waals surface area (Å²) in [5.41, 5.74) is 1.22. The standard InChI is InChI=1S/C15H13BrN4S/c16-11-6-9-21-13(11)15-19-18-14-12(17-7-8-20(14)15)10-4-2-1-3-5-10/h1-6,9,12,17H,7-8H2. The van der Waals surface area contributed by atoms with E-state index in [2.05, 4.69) is 71.7 Å². The van der Waals surface area contributed by atoms with Crippen molar-refractivity contribution < 1.29 is 0 Å². The fourth-order valence-electron chi connectivity index (χ4n) is 2.69. The molecule has 1 aromatic carbocycles. The Labute approximate surface area is 135 Å². The molecule has 0 bridgehead atoms. The SMILES string of the molecule is Brc1ccsc1-c1nnc2n1CCNC2c1ccccc1. The molecule has 1 aliphatic rings. The number of hydrogen-bond donors (Lipinski definition) is 1. The fraction of sp³-hybridized carbons (Fsp3) is 0.200. The molecule has 21 heavy (non-hydrogen) atoms. The van der Waals surface area contributed by atoms with Crippen molar-refractivity contribution in [3.63, 3.8) is 0 Å². The van der Waals surface area contributed by atoms with E-state index in [0.29, 0.717) is 0 Å². The van der Waals surface area contributed by atoms with Gasteiger partial charge in [-0.2, -0.15) is 0 Å². The second-order valence-corrected chi connectivity index (χ2v) is 6.70. The molecule has 0 saturated carbocycles. The van der Waals surface area contributed by atoms with Crippen molar-refractivity contribution in [2.75, 3.05) is 6.54 Å². The first-order chi connectivity index (χ1) is 10.3. The maximum Gasteiger partial charge on any atom is 0.175 e. The molecule has 1 unspecified atom stereocenters. The van der Waals surface area contributed by atoms with Crippen molar-refractivity contribution in [2.24, 2.45) is 0 Å². The molecule has 3 aromatic rings. The topological polar surface area (TPSA) is 42.7 Å². The van der Waals surface area contributed by atoms with Crippen molar-refractivity contribution in [3.05, 3.63) is 57.6 Å². The minimum Gasteiger partial charge on any atom is -0.307 e. The minimum atomic E-state index is 0.111. The molecule has 1 N–H and O–H groups in total. The van der Waals surface area contributed by atoms with E-state index in [1.54, 1.807) is 11.3 Å². The van der Waals surface area contributed by atoms with Crippen LogP contribution in [0.2, 0.25) is 0 Å². The van der Waals surface area contributed by atoms with E-state index in [4.69, 9.17) is 0 Å². The van der Waals surface area contributed by atoms with Crippen LogP contribution in [0.3, 0.4) is 0 Å². The van der Waals surface area contributed by atoms with Crippen molar-refractivity contribution in [1.29, 1.82) is 0 Å². The smallest absolute Gasteiger partial charge is 0.175 e. The number of hydrogen-bond acceptors (Lipinski definition) is 4. The van der Waals surface area contributed by atoms with Gasteiger partial charge in [-0.1, -0.05) is 30.3 Å². The molecule has 0 spiro atoms. The van der Waals surface area contributed by atoms with Crippen LogP contribution in [0.1, 0.15) is 17.4 Å². The zero-order valence-corrected chi connectivity index (χ0v) is 13.6. The van der Waals surface area contributed by atoms with Gasteiger partial charge in [-0.05, 0) is 32.9 Å². The average Bonchev–Trinajstić information content (AvgIpc) is 3.13. The summed E-state index contributed by atoms with van der Waals surface area (Å²) in [5.74, 6) is 1.94. The highest BCUT2D eigenvalue weighted by Gasteiger charge is 2.27. The van der Waals surface area contributed by atoms with Crippen LogP contribution in [0.15, 0.2) is 46.3 Å². The van der Waals surface area contributed by atoms with Gasteiger partial charge < -0.3 is 9.88 Å². The predicted octanol–water partition coefficient (Wildman–Crippen LogP) is 3.46. The van der Waals surface area contributed by atoms with E-state index in [9.17, 15) is 0 Å². The quantitative estimate of drug-likeness (QED) is 0.760. The molecule has 6 heteroatoms. The Morgan fingerprint density at radius 2 is 2.05 bits per heavy atom. The van der Waals surface area contributed by atoms with E-state index in [-0.39, 0.29) is 6.04 Å². The van der Waals surface area contributed by atoms with Gasteiger partial charge in [0.1, 0.15) is 0 Å². The Hall–Kier alpha value is -1.50. The third-order valence-electron chi connectivity index (χ3n) is 3.67. The lowest BCUT2D eigenvalue weighted by atomic mass is 10.1. The number of rotatable bonds is 2. The normalized spacial score (nSPS) is 17.7. The fourth-order valence-corrected chi connectivity index (χ4v) is 4.24. The maximum absolute atomic E-state index is 4.45. The molecule has 0 radical (unpaired) electrons.